The number of allylic oxidation sites excluding steroid dienone is 4. The Hall–Kier alpha value is -3.27. The Balaban J connectivity index is 2.05. The second-order valence-corrected chi connectivity index (χ2v) is 6.17. The minimum absolute atomic E-state index is 0.722. The lowest BCUT2D eigenvalue weighted by Gasteiger charge is -2.15. The monoisotopic (exact) mass is 330 g/mol. The van der Waals surface area contributed by atoms with Gasteiger partial charge in [0.1, 0.15) is 0 Å². The third kappa shape index (κ3) is 3.63. The largest absolute Gasteiger partial charge is 0.398 e. The van der Waals surface area contributed by atoms with E-state index in [0.29, 0.717) is 0 Å². The molecule has 3 rings (SSSR count). The fraction of sp³-hybridized carbons (Fsp3) is 0.0952. The zero-order valence-corrected chi connectivity index (χ0v) is 14.5. The van der Waals surface area contributed by atoms with E-state index in [1.54, 1.807) is 0 Å². The number of nitrogens with two attached hydrogens (primary N) is 2. The Morgan fingerprint density at radius 1 is 1.00 bits per heavy atom. The molecule has 0 bridgehead atoms. The highest BCUT2D eigenvalue weighted by atomic mass is 14.9. The summed E-state index contributed by atoms with van der Waals surface area (Å²) in [6.07, 6.45) is 3.80. The number of benzene rings is 2. The fourth-order valence-corrected chi connectivity index (χ4v) is 2.57. The Kier molecular flexibility index (Phi) is 4.44. The maximum Gasteiger partial charge on any atom is 0.0876 e. The van der Waals surface area contributed by atoms with Crippen molar-refractivity contribution >= 4 is 28.5 Å². The van der Waals surface area contributed by atoms with Crippen molar-refractivity contribution in [3.63, 3.8) is 0 Å². The Morgan fingerprint density at radius 3 is 2.44 bits per heavy atom. The van der Waals surface area contributed by atoms with Crippen LogP contribution in [0.1, 0.15) is 12.5 Å². The van der Waals surface area contributed by atoms with Gasteiger partial charge in [-0.05, 0) is 67.0 Å². The van der Waals surface area contributed by atoms with Crippen molar-refractivity contribution in [3.05, 3.63) is 83.6 Å². The fourth-order valence-electron chi connectivity index (χ4n) is 2.57. The SMILES string of the molecule is C=C1C=C(N)C(C)=CC1=Nc1cc(C)c(N)cc1Nc1ccccc1. The average Bonchev–Trinajstić information content (AvgIpc) is 2.58. The van der Waals surface area contributed by atoms with Crippen LogP contribution in [-0.4, -0.2) is 5.71 Å². The molecule has 0 spiro atoms. The third-order valence-corrected chi connectivity index (χ3v) is 4.15. The molecule has 2 aromatic carbocycles. The molecule has 1 aliphatic rings. The van der Waals surface area contributed by atoms with Crippen molar-refractivity contribution in [3.8, 4) is 0 Å². The van der Waals surface area contributed by atoms with E-state index < -0.39 is 0 Å². The molecule has 0 atom stereocenters. The van der Waals surface area contributed by atoms with Gasteiger partial charge in [-0.15, -0.1) is 0 Å². The maximum absolute atomic E-state index is 6.10. The topological polar surface area (TPSA) is 76.4 Å². The highest BCUT2D eigenvalue weighted by Gasteiger charge is 2.12. The highest BCUT2D eigenvalue weighted by molar-refractivity contribution is 6.13. The number of aliphatic imine (C=N–C) groups is 1. The van der Waals surface area contributed by atoms with Gasteiger partial charge in [0.25, 0.3) is 0 Å². The van der Waals surface area contributed by atoms with E-state index in [4.69, 9.17) is 16.5 Å². The molecule has 0 aromatic heterocycles. The predicted molar refractivity (Wildman–Crippen MR) is 108 cm³/mol. The third-order valence-electron chi connectivity index (χ3n) is 4.15. The Labute approximate surface area is 148 Å². The maximum atomic E-state index is 6.10. The average molecular weight is 330 g/mol. The van der Waals surface area contributed by atoms with Crippen LogP contribution in [-0.2, 0) is 0 Å². The summed E-state index contributed by atoms with van der Waals surface area (Å²) in [6.45, 7) is 7.99. The molecule has 2 aromatic rings. The molecule has 0 radical (unpaired) electrons. The van der Waals surface area contributed by atoms with Crippen LogP contribution < -0.4 is 16.8 Å². The number of para-hydroxylation sites is 1. The Morgan fingerprint density at radius 2 is 1.72 bits per heavy atom. The Bertz CT molecular complexity index is 918. The molecule has 0 aliphatic heterocycles. The first-order chi connectivity index (χ1) is 11.9. The van der Waals surface area contributed by atoms with Gasteiger partial charge in [-0.1, -0.05) is 24.8 Å². The molecule has 0 heterocycles. The number of nitrogens with zero attached hydrogens (tertiary/aromatic N) is 1. The second kappa shape index (κ2) is 6.69. The molecule has 0 fully saturated rings. The van der Waals surface area contributed by atoms with Crippen LogP contribution in [0.2, 0.25) is 0 Å². The van der Waals surface area contributed by atoms with Crippen molar-refractivity contribution in [1.82, 2.24) is 0 Å². The summed E-state index contributed by atoms with van der Waals surface area (Å²) in [7, 11) is 0. The van der Waals surface area contributed by atoms with Gasteiger partial charge in [0.2, 0.25) is 0 Å². The van der Waals surface area contributed by atoms with Gasteiger partial charge >= 0.3 is 0 Å². The lowest BCUT2D eigenvalue weighted by atomic mass is 9.99. The van der Waals surface area contributed by atoms with Gasteiger partial charge in [-0.25, -0.2) is 4.99 Å². The van der Waals surface area contributed by atoms with E-state index in [1.807, 2.05) is 68.5 Å². The lowest BCUT2D eigenvalue weighted by molar-refractivity contribution is 1.27. The molecular weight excluding hydrogens is 308 g/mol. The summed E-state index contributed by atoms with van der Waals surface area (Å²) in [5, 5.41) is 3.39. The normalized spacial score (nSPS) is 15.8. The summed E-state index contributed by atoms with van der Waals surface area (Å²) in [5.74, 6) is 0. The van der Waals surface area contributed by atoms with Crippen molar-refractivity contribution in [2.45, 2.75) is 13.8 Å². The summed E-state index contributed by atoms with van der Waals surface area (Å²) in [6, 6.07) is 13.8. The first-order valence-electron chi connectivity index (χ1n) is 8.10. The minimum Gasteiger partial charge on any atom is -0.398 e. The zero-order valence-electron chi connectivity index (χ0n) is 14.5. The van der Waals surface area contributed by atoms with Crippen LogP contribution in [0.3, 0.4) is 0 Å². The van der Waals surface area contributed by atoms with Gasteiger partial charge in [-0.3, -0.25) is 0 Å². The molecule has 4 nitrogen and oxygen atoms in total. The molecule has 25 heavy (non-hydrogen) atoms. The first-order valence-corrected chi connectivity index (χ1v) is 8.10. The van der Waals surface area contributed by atoms with Crippen molar-refractivity contribution in [2.24, 2.45) is 10.7 Å². The molecule has 0 unspecified atom stereocenters. The van der Waals surface area contributed by atoms with Crippen molar-refractivity contribution < 1.29 is 0 Å². The van der Waals surface area contributed by atoms with Gasteiger partial charge in [0.15, 0.2) is 0 Å². The quantitative estimate of drug-likeness (QED) is 0.711. The van der Waals surface area contributed by atoms with E-state index in [-0.39, 0.29) is 0 Å². The summed E-state index contributed by atoms with van der Waals surface area (Å²) in [4.78, 5) is 4.80. The van der Waals surface area contributed by atoms with E-state index in [9.17, 15) is 0 Å². The molecular formula is C21H22N4. The van der Waals surface area contributed by atoms with Crippen LogP contribution >= 0.6 is 0 Å². The number of rotatable bonds is 3. The molecule has 0 amide bonds. The molecule has 0 saturated heterocycles. The van der Waals surface area contributed by atoms with Gasteiger partial charge < -0.3 is 16.8 Å². The van der Waals surface area contributed by atoms with E-state index >= 15 is 0 Å². The molecule has 1 aliphatic carbocycles. The summed E-state index contributed by atoms with van der Waals surface area (Å²) < 4.78 is 0. The van der Waals surface area contributed by atoms with E-state index in [2.05, 4.69) is 11.9 Å². The predicted octanol–water partition coefficient (Wildman–Crippen LogP) is 4.75. The first kappa shape index (κ1) is 16.6. The number of nitrogens with one attached hydrogen (secondary N) is 1. The summed E-state index contributed by atoms with van der Waals surface area (Å²) in [5.41, 5.74) is 19.7. The van der Waals surface area contributed by atoms with E-state index in [1.165, 1.54) is 0 Å². The van der Waals surface area contributed by atoms with Crippen LogP contribution in [0, 0.1) is 6.92 Å². The standard InChI is InChI=1S/C21H22N4/c1-13-10-19(15(3)9-17(13)22)25-20-11-14(2)18(23)12-21(20)24-16-7-5-4-6-8-16/h4-12,24H,3,22-23H2,1-2H3. The molecule has 4 heteroatoms. The number of nitrogen functional groups attached to an aromatic ring is 1. The number of hydrogen-bond donors (Lipinski definition) is 3. The van der Waals surface area contributed by atoms with Crippen molar-refractivity contribution in [2.75, 3.05) is 11.1 Å². The number of aryl methyl sites for hydroxylation is 1. The molecule has 5 N–H and O–H groups in total. The lowest BCUT2D eigenvalue weighted by Crippen LogP contribution is -2.10. The van der Waals surface area contributed by atoms with Crippen molar-refractivity contribution in [1.29, 1.82) is 0 Å². The second-order valence-electron chi connectivity index (χ2n) is 6.17. The van der Waals surface area contributed by atoms with Crippen LogP contribution in [0.5, 0.6) is 0 Å². The van der Waals surface area contributed by atoms with Gasteiger partial charge in [-0.2, -0.15) is 0 Å². The minimum atomic E-state index is 0.722. The summed E-state index contributed by atoms with van der Waals surface area (Å²) >= 11 is 0. The smallest absolute Gasteiger partial charge is 0.0876 e. The molecule has 126 valence electrons. The van der Waals surface area contributed by atoms with Crippen LogP contribution in [0.25, 0.3) is 0 Å². The molecule has 0 saturated carbocycles. The number of anilines is 3. The van der Waals surface area contributed by atoms with Crippen LogP contribution in [0.4, 0.5) is 22.7 Å². The number of hydrogen-bond acceptors (Lipinski definition) is 4. The zero-order chi connectivity index (χ0) is 18.0. The van der Waals surface area contributed by atoms with E-state index in [0.717, 1.165) is 50.9 Å². The highest BCUT2D eigenvalue weighted by Crippen LogP contribution is 2.33. The van der Waals surface area contributed by atoms with Crippen LogP contribution in [0.15, 0.2) is 83.0 Å². The van der Waals surface area contributed by atoms with Gasteiger partial charge in [0, 0.05) is 17.1 Å². The van der Waals surface area contributed by atoms with Gasteiger partial charge in [0.05, 0.1) is 17.1 Å².